The molecule has 1 atom stereocenters. The lowest BCUT2D eigenvalue weighted by Crippen LogP contribution is -2.37. The maximum Gasteiger partial charge on any atom is 0.490 e. The molecule has 1 saturated heterocycles. The highest BCUT2D eigenvalue weighted by molar-refractivity contribution is 5.79. The summed E-state index contributed by atoms with van der Waals surface area (Å²) in [5.74, 6) is -1.99. The number of hydrogen-bond donors (Lipinski definition) is 2. The standard InChI is InChI=1S/C20H20FN5.C2HF3O2/c1-23-16-8-6-15(7-9-16)12-26-18-5-3-2-4-17(18)24-19(26)25-11-10-20(21,13-22)14-25;3-2(4,5)1(6)7/h2-9H,10-14,22H2;(H,6,7)/t20-;/m0./s1. The number of benzene rings is 2. The predicted octanol–water partition coefficient (Wildman–Crippen LogP) is 4.15. The van der Waals surface area contributed by atoms with Crippen LogP contribution in [0.4, 0.5) is 29.2 Å². The molecule has 1 aliphatic heterocycles. The number of nitrogens with zero attached hydrogens (tertiary/aromatic N) is 4. The summed E-state index contributed by atoms with van der Waals surface area (Å²) in [6, 6.07) is 15.5. The Morgan fingerprint density at radius 1 is 1.21 bits per heavy atom. The van der Waals surface area contributed by atoms with Crippen molar-refractivity contribution in [3.63, 3.8) is 0 Å². The molecular formula is C22H21F4N5O2. The lowest BCUT2D eigenvalue weighted by molar-refractivity contribution is -0.192. The molecule has 0 bridgehead atoms. The van der Waals surface area contributed by atoms with Gasteiger partial charge in [-0.3, -0.25) is 0 Å². The fraction of sp³-hybridized carbons (Fsp3) is 0.318. The average Bonchev–Trinajstić information content (AvgIpc) is 3.35. The van der Waals surface area contributed by atoms with Gasteiger partial charge in [0.1, 0.15) is 5.67 Å². The number of anilines is 1. The summed E-state index contributed by atoms with van der Waals surface area (Å²) in [4.78, 5) is 19.1. The molecule has 2 aromatic carbocycles. The third-order valence-corrected chi connectivity index (χ3v) is 5.24. The van der Waals surface area contributed by atoms with E-state index in [0.717, 1.165) is 22.5 Å². The van der Waals surface area contributed by atoms with Crippen LogP contribution in [0.3, 0.4) is 0 Å². The maximum atomic E-state index is 14.6. The molecular weight excluding hydrogens is 442 g/mol. The first-order valence-electron chi connectivity index (χ1n) is 9.92. The van der Waals surface area contributed by atoms with Gasteiger partial charge in [-0.25, -0.2) is 19.0 Å². The van der Waals surface area contributed by atoms with Crippen molar-refractivity contribution in [3.8, 4) is 0 Å². The zero-order chi connectivity index (χ0) is 24.2. The molecule has 33 heavy (non-hydrogen) atoms. The van der Waals surface area contributed by atoms with E-state index in [0.29, 0.717) is 25.2 Å². The summed E-state index contributed by atoms with van der Waals surface area (Å²) >= 11 is 0. The van der Waals surface area contributed by atoms with Crippen molar-refractivity contribution < 1.29 is 27.5 Å². The van der Waals surface area contributed by atoms with E-state index in [4.69, 9.17) is 27.2 Å². The number of alkyl halides is 4. The first-order chi connectivity index (χ1) is 15.6. The zero-order valence-electron chi connectivity index (χ0n) is 17.4. The van der Waals surface area contributed by atoms with Crippen molar-refractivity contribution in [2.75, 3.05) is 24.5 Å². The van der Waals surface area contributed by atoms with Gasteiger partial charge in [-0.15, -0.1) is 0 Å². The number of carbonyl (C=O) groups is 1. The lowest BCUT2D eigenvalue weighted by atomic mass is 10.1. The molecule has 1 aliphatic rings. The molecule has 0 amide bonds. The van der Waals surface area contributed by atoms with Crippen LogP contribution in [0.25, 0.3) is 15.9 Å². The van der Waals surface area contributed by atoms with Crippen LogP contribution in [0.2, 0.25) is 0 Å². The van der Waals surface area contributed by atoms with Gasteiger partial charge in [-0.1, -0.05) is 36.4 Å². The van der Waals surface area contributed by atoms with Crippen LogP contribution in [-0.4, -0.2) is 52.1 Å². The molecule has 7 nitrogen and oxygen atoms in total. The van der Waals surface area contributed by atoms with Crippen LogP contribution < -0.4 is 10.6 Å². The van der Waals surface area contributed by atoms with Gasteiger partial charge in [-0.05, 0) is 17.7 Å². The number of fused-ring (bicyclic) bond motifs is 1. The second kappa shape index (κ2) is 9.46. The Morgan fingerprint density at radius 3 is 2.39 bits per heavy atom. The van der Waals surface area contributed by atoms with Gasteiger partial charge >= 0.3 is 12.1 Å². The number of imidazole rings is 1. The fourth-order valence-electron chi connectivity index (χ4n) is 3.49. The van der Waals surface area contributed by atoms with Crippen molar-refractivity contribution in [2.24, 2.45) is 5.73 Å². The highest BCUT2D eigenvalue weighted by Gasteiger charge is 2.39. The number of para-hydroxylation sites is 2. The SMILES string of the molecule is O=C(O)C(F)(F)F.[C-]#[N+]c1ccc(Cn2c(N3CC[C@](F)(CN)C3)nc3ccccc32)cc1. The van der Waals surface area contributed by atoms with Crippen LogP contribution in [0, 0.1) is 6.57 Å². The Hall–Kier alpha value is -3.65. The third-order valence-electron chi connectivity index (χ3n) is 5.24. The first-order valence-corrected chi connectivity index (χ1v) is 9.92. The molecule has 3 N–H and O–H groups in total. The molecule has 2 heterocycles. The number of aliphatic carboxylic acids is 1. The topological polar surface area (TPSA) is 88.7 Å². The van der Waals surface area contributed by atoms with Gasteiger partial charge in [0.2, 0.25) is 5.95 Å². The van der Waals surface area contributed by atoms with Crippen LogP contribution in [0.5, 0.6) is 0 Å². The van der Waals surface area contributed by atoms with Gasteiger partial charge in [0.25, 0.3) is 0 Å². The summed E-state index contributed by atoms with van der Waals surface area (Å²) in [6.07, 6.45) is -4.66. The van der Waals surface area contributed by atoms with Crippen molar-refractivity contribution >= 4 is 28.6 Å². The summed E-state index contributed by atoms with van der Waals surface area (Å²) in [5, 5.41) is 7.12. The van der Waals surface area contributed by atoms with Crippen LogP contribution in [0.1, 0.15) is 12.0 Å². The van der Waals surface area contributed by atoms with Gasteiger partial charge in [0.05, 0.1) is 30.7 Å². The zero-order valence-corrected chi connectivity index (χ0v) is 17.4. The molecule has 0 aliphatic carbocycles. The first kappa shape index (κ1) is 24.0. The van der Waals surface area contributed by atoms with Crippen LogP contribution >= 0.6 is 0 Å². The fourth-order valence-corrected chi connectivity index (χ4v) is 3.49. The minimum atomic E-state index is -5.08. The van der Waals surface area contributed by atoms with Gasteiger partial charge in [0.15, 0.2) is 5.69 Å². The van der Waals surface area contributed by atoms with Crippen molar-refractivity contribution in [3.05, 3.63) is 65.5 Å². The number of carboxylic acids is 1. The monoisotopic (exact) mass is 463 g/mol. The largest absolute Gasteiger partial charge is 0.490 e. The van der Waals surface area contributed by atoms with Crippen molar-refractivity contribution in [1.82, 2.24) is 9.55 Å². The van der Waals surface area contributed by atoms with Crippen LogP contribution in [0.15, 0.2) is 48.5 Å². The molecule has 3 aromatic rings. The number of hydrogen-bond acceptors (Lipinski definition) is 4. The quantitative estimate of drug-likeness (QED) is 0.448. The molecule has 174 valence electrons. The second-order valence-corrected chi connectivity index (χ2v) is 7.59. The smallest absolute Gasteiger partial charge is 0.475 e. The summed E-state index contributed by atoms with van der Waals surface area (Å²) in [6.45, 7) is 8.60. The van der Waals surface area contributed by atoms with E-state index in [1.165, 1.54) is 0 Å². The minimum absolute atomic E-state index is 0.0296. The van der Waals surface area contributed by atoms with E-state index in [1.54, 1.807) is 0 Å². The summed E-state index contributed by atoms with van der Waals surface area (Å²) in [5.41, 5.74) is 7.87. The minimum Gasteiger partial charge on any atom is -0.475 e. The molecule has 1 fully saturated rings. The number of aromatic nitrogens is 2. The molecule has 4 rings (SSSR count). The summed E-state index contributed by atoms with van der Waals surface area (Å²) < 4.78 is 48.5. The highest BCUT2D eigenvalue weighted by atomic mass is 19.4. The third kappa shape index (κ3) is 5.59. The second-order valence-electron chi connectivity index (χ2n) is 7.59. The van der Waals surface area contributed by atoms with Crippen molar-refractivity contribution in [1.29, 1.82) is 0 Å². The molecule has 0 saturated carbocycles. The maximum absolute atomic E-state index is 14.6. The van der Waals surface area contributed by atoms with E-state index in [1.807, 2.05) is 53.4 Å². The Bertz CT molecular complexity index is 1170. The normalized spacial score (nSPS) is 18.0. The van der Waals surface area contributed by atoms with E-state index in [-0.39, 0.29) is 13.1 Å². The molecule has 1 aromatic heterocycles. The number of nitrogens with two attached hydrogens (primary N) is 1. The van der Waals surface area contributed by atoms with E-state index >= 15 is 0 Å². The Kier molecular flexibility index (Phi) is 6.88. The molecule has 11 heteroatoms. The molecule has 0 unspecified atom stereocenters. The van der Waals surface area contributed by atoms with E-state index < -0.39 is 17.8 Å². The Balaban J connectivity index is 0.000000383. The van der Waals surface area contributed by atoms with Gasteiger partial charge < -0.3 is 20.3 Å². The molecule has 0 radical (unpaired) electrons. The highest BCUT2D eigenvalue weighted by Crippen LogP contribution is 2.31. The number of halogens is 4. The van der Waals surface area contributed by atoms with Gasteiger partial charge in [-0.2, -0.15) is 13.2 Å². The number of carboxylic acid groups (broad SMARTS) is 1. The van der Waals surface area contributed by atoms with Crippen LogP contribution in [-0.2, 0) is 11.3 Å². The van der Waals surface area contributed by atoms with Crippen molar-refractivity contribution in [2.45, 2.75) is 24.8 Å². The lowest BCUT2D eigenvalue weighted by Gasteiger charge is -2.21. The van der Waals surface area contributed by atoms with Gasteiger partial charge in [0, 0.05) is 19.5 Å². The molecule has 0 spiro atoms. The number of rotatable bonds is 4. The Labute approximate surface area is 186 Å². The average molecular weight is 463 g/mol. The summed E-state index contributed by atoms with van der Waals surface area (Å²) in [7, 11) is 0. The Morgan fingerprint density at radius 2 is 1.85 bits per heavy atom. The van der Waals surface area contributed by atoms with E-state index in [2.05, 4.69) is 9.41 Å². The van der Waals surface area contributed by atoms with E-state index in [9.17, 15) is 17.6 Å². The predicted molar refractivity (Wildman–Crippen MR) is 115 cm³/mol.